The quantitative estimate of drug-likeness (QED) is 0.684. The summed E-state index contributed by atoms with van der Waals surface area (Å²) < 4.78 is 0. The molecule has 82 valence electrons. The fourth-order valence-electron chi connectivity index (χ4n) is 2.75. The van der Waals surface area contributed by atoms with Crippen LogP contribution in [0.1, 0.15) is 46.5 Å². The standard InChI is InChI=1S/C13H25N/c1-10(2)13(3,4)12(9-14)11-7-5-6-8-11/h11-12H,1,5-9,14H2,2-4H3. The lowest BCUT2D eigenvalue weighted by Gasteiger charge is -2.38. The van der Waals surface area contributed by atoms with Crippen molar-refractivity contribution in [2.24, 2.45) is 23.0 Å². The van der Waals surface area contributed by atoms with E-state index in [0.29, 0.717) is 5.92 Å². The summed E-state index contributed by atoms with van der Waals surface area (Å²) in [5.74, 6) is 1.47. The van der Waals surface area contributed by atoms with Gasteiger partial charge in [-0.1, -0.05) is 51.7 Å². The third-order valence-corrected chi connectivity index (χ3v) is 4.25. The lowest BCUT2D eigenvalue weighted by Crippen LogP contribution is -2.36. The summed E-state index contributed by atoms with van der Waals surface area (Å²) in [6, 6.07) is 0. The van der Waals surface area contributed by atoms with E-state index < -0.39 is 0 Å². The molecule has 0 aromatic rings. The Morgan fingerprint density at radius 3 is 2.29 bits per heavy atom. The van der Waals surface area contributed by atoms with Crippen molar-refractivity contribution in [1.82, 2.24) is 0 Å². The van der Waals surface area contributed by atoms with E-state index in [4.69, 9.17) is 5.73 Å². The van der Waals surface area contributed by atoms with Crippen LogP contribution in [0.15, 0.2) is 12.2 Å². The monoisotopic (exact) mass is 195 g/mol. The lowest BCUT2D eigenvalue weighted by molar-refractivity contribution is 0.185. The molecule has 0 spiro atoms. The smallest absolute Gasteiger partial charge is 0.00380 e. The molecule has 0 heterocycles. The van der Waals surface area contributed by atoms with E-state index in [2.05, 4.69) is 27.4 Å². The molecule has 1 aliphatic carbocycles. The molecule has 0 saturated heterocycles. The van der Waals surface area contributed by atoms with E-state index in [9.17, 15) is 0 Å². The minimum Gasteiger partial charge on any atom is -0.330 e. The summed E-state index contributed by atoms with van der Waals surface area (Å²) in [5.41, 5.74) is 7.43. The molecule has 0 radical (unpaired) electrons. The maximum Gasteiger partial charge on any atom is -0.00380 e. The van der Waals surface area contributed by atoms with Gasteiger partial charge in [-0.25, -0.2) is 0 Å². The van der Waals surface area contributed by atoms with Crippen molar-refractivity contribution in [3.05, 3.63) is 12.2 Å². The van der Waals surface area contributed by atoms with Gasteiger partial charge < -0.3 is 5.73 Å². The molecule has 1 heteroatoms. The Labute approximate surface area is 88.8 Å². The van der Waals surface area contributed by atoms with Gasteiger partial charge in [0, 0.05) is 0 Å². The zero-order chi connectivity index (χ0) is 10.8. The highest BCUT2D eigenvalue weighted by atomic mass is 14.6. The second-order valence-corrected chi connectivity index (χ2v) is 5.39. The van der Waals surface area contributed by atoms with E-state index in [0.717, 1.165) is 12.5 Å². The molecule has 1 fully saturated rings. The fourth-order valence-corrected chi connectivity index (χ4v) is 2.75. The van der Waals surface area contributed by atoms with Gasteiger partial charge in [-0.2, -0.15) is 0 Å². The van der Waals surface area contributed by atoms with Crippen LogP contribution >= 0.6 is 0 Å². The first-order chi connectivity index (χ1) is 6.50. The highest BCUT2D eigenvalue weighted by molar-refractivity contribution is 5.07. The van der Waals surface area contributed by atoms with Gasteiger partial charge in [-0.3, -0.25) is 0 Å². The Hall–Kier alpha value is -0.300. The molecule has 0 bridgehead atoms. The average Bonchev–Trinajstić information content (AvgIpc) is 2.57. The molecule has 1 saturated carbocycles. The van der Waals surface area contributed by atoms with Gasteiger partial charge in [0.05, 0.1) is 0 Å². The maximum atomic E-state index is 5.94. The Balaban J connectivity index is 2.73. The topological polar surface area (TPSA) is 26.0 Å². The normalized spacial score (nSPS) is 21.1. The van der Waals surface area contributed by atoms with E-state index in [1.807, 2.05) is 0 Å². The third-order valence-electron chi connectivity index (χ3n) is 4.25. The molecule has 0 aromatic heterocycles. The van der Waals surface area contributed by atoms with Gasteiger partial charge in [0.2, 0.25) is 0 Å². The lowest BCUT2D eigenvalue weighted by atomic mass is 9.68. The van der Waals surface area contributed by atoms with E-state index in [-0.39, 0.29) is 5.41 Å². The van der Waals surface area contributed by atoms with Gasteiger partial charge in [0.1, 0.15) is 0 Å². The summed E-state index contributed by atoms with van der Waals surface area (Å²) >= 11 is 0. The van der Waals surface area contributed by atoms with E-state index in [1.54, 1.807) is 0 Å². The molecule has 1 rings (SSSR count). The highest BCUT2D eigenvalue weighted by Crippen LogP contribution is 2.43. The van der Waals surface area contributed by atoms with Crippen LogP contribution in [0.3, 0.4) is 0 Å². The van der Waals surface area contributed by atoms with E-state index in [1.165, 1.54) is 31.3 Å². The van der Waals surface area contributed by atoms with Gasteiger partial charge in [0.25, 0.3) is 0 Å². The molecule has 14 heavy (non-hydrogen) atoms. The van der Waals surface area contributed by atoms with Crippen LogP contribution < -0.4 is 5.73 Å². The largest absolute Gasteiger partial charge is 0.330 e. The number of allylic oxidation sites excluding steroid dienone is 1. The number of rotatable bonds is 4. The summed E-state index contributed by atoms with van der Waals surface area (Å²) in [6.45, 7) is 11.7. The van der Waals surface area contributed by atoms with Gasteiger partial charge in [-0.05, 0) is 30.7 Å². The van der Waals surface area contributed by atoms with Crippen molar-refractivity contribution in [1.29, 1.82) is 0 Å². The Morgan fingerprint density at radius 2 is 1.93 bits per heavy atom. The molecular formula is C13H25N. The van der Waals surface area contributed by atoms with Crippen LogP contribution in [0.4, 0.5) is 0 Å². The number of hydrogen-bond acceptors (Lipinski definition) is 1. The van der Waals surface area contributed by atoms with Crippen LogP contribution in [0, 0.1) is 17.3 Å². The molecule has 0 aliphatic heterocycles. The second-order valence-electron chi connectivity index (χ2n) is 5.39. The molecule has 0 aromatic carbocycles. The van der Waals surface area contributed by atoms with Gasteiger partial charge in [-0.15, -0.1) is 0 Å². The van der Waals surface area contributed by atoms with Crippen LogP contribution in [-0.2, 0) is 0 Å². The predicted molar refractivity (Wildman–Crippen MR) is 63.1 cm³/mol. The van der Waals surface area contributed by atoms with Gasteiger partial charge in [0.15, 0.2) is 0 Å². The first-order valence-electron chi connectivity index (χ1n) is 5.86. The molecular weight excluding hydrogens is 170 g/mol. The predicted octanol–water partition coefficient (Wildman–Crippen LogP) is 3.35. The summed E-state index contributed by atoms with van der Waals surface area (Å²) in [4.78, 5) is 0. The summed E-state index contributed by atoms with van der Waals surface area (Å²) in [5, 5.41) is 0. The van der Waals surface area contributed by atoms with Crippen LogP contribution in [0.25, 0.3) is 0 Å². The highest BCUT2D eigenvalue weighted by Gasteiger charge is 2.36. The Kier molecular flexibility index (Phi) is 3.77. The Morgan fingerprint density at radius 1 is 1.43 bits per heavy atom. The van der Waals surface area contributed by atoms with Crippen LogP contribution in [0.2, 0.25) is 0 Å². The molecule has 2 N–H and O–H groups in total. The fraction of sp³-hybridized carbons (Fsp3) is 0.846. The van der Waals surface area contributed by atoms with Crippen LogP contribution in [0.5, 0.6) is 0 Å². The molecule has 1 aliphatic rings. The zero-order valence-corrected chi connectivity index (χ0v) is 9.97. The van der Waals surface area contributed by atoms with E-state index >= 15 is 0 Å². The molecule has 1 atom stereocenters. The first-order valence-corrected chi connectivity index (χ1v) is 5.86. The van der Waals surface area contributed by atoms with Crippen molar-refractivity contribution in [2.45, 2.75) is 46.5 Å². The summed E-state index contributed by atoms with van der Waals surface area (Å²) in [6.07, 6.45) is 5.54. The van der Waals surface area contributed by atoms with Crippen molar-refractivity contribution in [3.63, 3.8) is 0 Å². The van der Waals surface area contributed by atoms with Crippen molar-refractivity contribution in [2.75, 3.05) is 6.54 Å². The van der Waals surface area contributed by atoms with Crippen molar-refractivity contribution < 1.29 is 0 Å². The first kappa shape index (κ1) is 11.8. The number of hydrogen-bond donors (Lipinski definition) is 1. The molecule has 1 nitrogen and oxygen atoms in total. The third kappa shape index (κ3) is 2.20. The maximum absolute atomic E-state index is 5.94. The minimum atomic E-state index is 0.212. The second kappa shape index (κ2) is 4.48. The summed E-state index contributed by atoms with van der Waals surface area (Å²) in [7, 11) is 0. The van der Waals surface area contributed by atoms with Crippen LogP contribution in [-0.4, -0.2) is 6.54 Å². The molecule has 0 amide bonds. The average molecular weight is 195 g/mol. The SMILES string of the molecule is C=C(C)C(C)(C)C(CN)C1CCCC1. The van der Waals surface area contributed by atoms with Crippen molar-refractivity contribution >= 4 is 0 Å². The zero-order valence-electron chi connectivity index (χ0n) is 9.97. The number of nitrogens with two attached hydrogens (primary N) is 1. The Bertz CT molecular complexity index is 199. The molecule has 1 unspecified atom stereocenters. The van der Waals surface area contributed by atoms with Crippen molar-refractivity contribution in [3.8, 4) is 0 Å². The minimum absolute atomic E-state index is 0.212. The van der Waals surface area contributed by atoms with Gasteiger partial charge >= 0.3 is 0 Å².